The Bertz CT molecular complexity index is 235. The van der Waals surface area contributed by atoms with Crippen LogP contribution in [0.1, 0.15) is 41.5 Å². The SMILES string of the molecule is CC(C)(C)N([Te]N(C(C)(C)C)[Si](C)(C)C)[Si](C)(C)C. The second-order valence-electron chi connectivity index (χ2n) is 9.35. The molecule has 0 aromatic carbocycles. The van der Waals surface area contributed by atoms with Gasteiger partial charge in [-0.15, -0.1) is 0 Å². The van der Waals surface area contributed by atoms with E-state index in [0.29, 0.717) is 11.1 Å². The number of hydrogen-bond acceptors (Lipinski definition) is 2. The minimum atomic E-state index is -1.27. The summed E-state index contributed by atoms with van der Waals surface area (Å²) in [5, 5.41) is 0. The number of hydrogen-bond donors (Lipinski definition) is 0. The third-order valence-electron chi connectivity index (χ3n) is 2.60. The van der Waals surface area contributed by atoms with Crippen LogP contribution in [0.5, 0.6) is 0 Å². The van der Waals surface area contributed by atoms with E-state index < -0.39 is 16.5 Å². The van der Waals surface area contributed by atoms with E-state index in [2.05, 4.69) is 86.5 Å². The van der Waals surface area contributed by atoms with Crippen molar-refractivity contribution in [3.8, 4) is 0 Å². The molecule has 0 spiro atoms. The third kappa shape index (κ3) is 6.62. The van der Waals surface area contributed by atoms with Crippen LogP contribution in [0.2, 0.25) is 39.3 Å². The van der Waals surface area contributed by atoms with E-state index in [1.165, 1.54) is 0 Å². The van der Waals surface area contributed by atoms with Crippen molar-refractivity contribution in [1.82, 2.24) is 5.63 Å². The number of rotatable bonds is 4. The van der Waals surface area contributed by atoms with E-state index in [1.54, 1.807) is 0 Å². The standard InChI is InChI=1S/C14H36N2Si2Te/c1-13(2,3)15(17(7,8)9)19-16(14(4,5)6)18(10,11)12/h1-12H3. The molecule has 0 fully saturated rings. The van der Waals surface area contributed by atoms with Gasteiger partial charge in [0.2, 0.25) is 0 Å². The van der Waals surface area contributed by atoms with E-state index in [4.69, 9.17) is 0 Å². The van der Waals surface area contributed by atoms with Gasteiger partial charge in [-0.25, -0.2) is 0 Å². The summed E-state index contributed by atoms with van der Waals surface area (Å²) in [6.45, 7) is 29.3. The Morgan fingerprint density at radius 1 is 0.579 bits per heavy atom. The molecule has 0 aliphatic heterocycles. The summed E-state index contributed by atoms with van der Waals surface area (Å²) >= 11 is -0.292. The normalized spacial score (nSPS) is 15.5. The van der Waals surface area contributed by atoms with E-state index in [9.17, 15) is 0 Å². The molecular weight excluding hydrogens is 380 g/mol. The van der Waals surface area contributed by atoms with Crippen molar-refractivity contribution in [3.05, 3.63) is 0 Å². The fourth-order valence-electron chi connectivity index (χ4n) is 2.58. The molecule has 0 saturated carbocycles. The maximum atomic E-state index is 2.90. The zero-order valence-corrected chi connectivity index (χ0v) is 19.6. The molecule has 0 aromatic heterocycles. The molecule has 0 amide bonds. The third-order valence-corrected chi connectivity index (χ3v) is 20.9. The zero-order valence-electron chi connectivity index (χ0n) is 15.3. The molecule has 0 aromatic rings. The fourth-order valence-corrected chi connectivity index (χ4v) is 14.8. The van der Waals surface area contributed by atoms with Crippen LogP contribution in [-0.4, -0.2) is 54.6 Å². The average molecular weight is 416 g/mol. The quantitative estimate of drug-likeness (QED) is 0.628. The molecule has 0 N–H and O–H groups in total. The predicted octanol–water partition coefficient (Wildman–Crippen LogP) is 4.39. The monoisotopic (exact) mass is 418 g/mol. The summed E-state index contributed by atoms with van der Waals surface area (Å²) in [5.74, 6) is 0. The van der Waals surface area contributed by atoms with Gasteiger partial charge in [-0.3, -0.25) is 0 Å². The second kappa shape index (κ2) is 6.10. The Morgan fingerprint density at radius 3 is 0.895 bits per heavy atom. The van der Waals surface area contributed by atoms with Gasteiger partial charge in [0, 0.05) is 0 Å². The van der Waals surface area contributed by atoms with Crippen LogP contribution in [0, 0.1) is 0 Å². The van der Waals surface area contributed by atoms with E-state index in [0.717, 1.165) is 0 Å². The fraction of sp³-hybridized carbons (Fsp3) is 1.00. The average Bonchev–Trinajstić information content (AvgIpc) is 1.91. The summed E-state index contributed by atoms with van der Waals surface area (Å²) < 4.78 is 5.79. The Morgan fingerprint density at radius 2 is 0.789 bits per heavy atom. The van der Waals surface area contributed by atoms with Gasteiger partial charge in [0.15, 0.2) is 0 Å². The van der Waals surface area contributed by atoms with Crippen molar-refractivity contribution < 1.29 is 0 Å². The van der Waals surface area contributed by atoms with Gasteiger partial charge in [-0.05, 0) is 0 Å². The Hall–Kier alpha value is 1.14. The van der Waals surface area contributed by atoms with Crippen LogP contribution < -0.4 is 0 Å². The van der Waals surface area contributed by atoms with Crippen LogP contribution in [-0.2, 0) is 0 Å². The molecule has 0 heterocycles. The summed E-state index contributed by atoms with van der Waals surface area (Å²) in [6.07, 6.45) is 0. The molecule has 0 aliphatic carbocycles. The molecular formula is C14H36N2Si2Te. The number of nitrogens with zero attached hydrogens (tertiary/aromatic N) is 2. The second-order valence-corrected chi connectivity index (χ2v) is 23.5. The predicted molar refractivity (Wildman–Crippen MR) is 95.6 cm³/mol. The molecule has 0 saturated heterocycles. The first kappa shape index (κ1) is 20.1. The Balaban J connectivity index is 5.43. The van der Waals surface area contributed by atoms with Gasteiger partial charge < -0.3 is 0 Å². The van der Waals surface area contributed by atoms with E-state index in [1.807, 2.05) is 0 Å². The van der Waals surface area contributed by atoms with Gasteiger partial charge in [0.25, 0.3) is 0 Å². The van der Waals surface area contributed by atoms with Crippen molar-refractivity contribution >= 4 is 37.9 Å². The van der Waals surface area contributed by atoms with Crippen LogP contribution in [0.25, 0.3) is 0 Å². The van der Waals surface area contributed by atoms with Gasteiger partial charge in [-0.1, -0.05) is 0 Å². The van der Waals surface area contributed by atoms with Crippen LogP contribution in [0.15, 0.2) is 0 Å². The van der Waals surface area contributed by atoms with E-state index in [-0.39, 0.29) is 21.5 Å². The van der Waals surface area contributed by atoms with Gasteiger partial charge in [-0.2, -0.15) is 0 Å². The van der Waals surface area contributed by atoms with Crippen molar-refractivity contribution in [2.45, 2.75) is 91.9 Å². The Labute approximate surface area is 135 Å². The molecule has 0 radical (unpaired) electrons. The molecule has 0 atom stereocenters. The van der Waals surface area contributed by atoms with Crippen LogP contribution in [0.4, 0.5) is 0 Å². The van der Waals surface area contributed by atoms with E-state index >= 15 is 0 Å². The summed E-state index contributed by atoms with van der Waals surface area (Å²) in [5.41, 5.74) is 0.603. The molecule has 5 heteroatoms. The van der Waals surface area contributed by atoms with Crippen molar-refractivity contribution in [1.29, 1.82) is 0 Å². The molecule has 0 aliphatic rings. The minimum absolute atomic E-state index is 0.292. The van der Waals surface area contributed by atoms with Crippen molar-refractivity contribution in [2.24, 2.45) is 0 Å². The van der Waals surface area contributed by atoms with Crippen LogP contribution >= 0.6 is 0 Å². The van der Waals surface area contributed by atoms with Gasteiger partial charge in [0.05, 0.1) is 0 Å². The summed E-state index contributed by atoms with van der Waals surface area (Å²) in [4.78, 5) is 0. The Kier molecular flexibility index (Phi) is 6.47. The molecule has 0 rings (SSSR count). The molecule has 19 heavy (non-hydrogen) atoms. The molecule has 116 valence electrons. The van der Waals surface area contributed by atoms with Crippen molar-refractivity contribution in [2.75, 3.05) is 0 Å². The zero-order chi connectivity index (χ0) is 15.9. The first-order valence-electron chi connectivity index (χ1n) is 7.26. The topological polar surface area (TPSA) is 6.48 Å². The summed E-state index contributed by atoms with van der Waals surface area (Å²) in [7, 11) is -2.54. The molecule has 0 unspecified atom stereocenters. The van der Waals surface area contributed by atoms with Crippen molar-refractivity contribution in [3.63, 3.8) is 0 Å². The molecule has 0 bridgehead atoms. The molecule has 2 nitrogen and oxygen atoms in total. The first-order valence-corrected chi connectivity index (χ1v) is 16.2. The van der Waals surface area contributed by atoms with Crippen LogP contribution in [0.3, 0.4) is 0 Å². The first-order chi connectivity index (χ1) is 7.97. The van der Waals surface area contributed by atoms with Gasteiger partial charge >= 0.3 is 135 Å². The maximum absolute atomic E-state index is 2.90. The van der Waals surface area contributed by atoms with Gasteiger partial charge in [0.1, 0.15) is 0 Å². The summed E-state index contributed by atoms with van der Waals surface area (Å²) in [6, 6.07) is 0.